The predicted molar refractivity (Wildman–Crippen MR) is 82.1 cm³/mol. The number of sulfone groups is 1. The van der Waals surface area contributed by atoms with Crippen molar-refractivity contribution in [2.24, 2.45) is 0 Å². The fourth-order valence-electron chi connectivity index (χ4n) is 1.72. The molecule has 1 rings (SSSR count). The third-order valence-electron chi connectivity index (χ3n) is 2.78. The highest BCUT2D eigenvalue weighted by molar-refractivity contribution is 7.91. The number of amides is 1. The Morgan fingerprint density at radius 3 is 2.81 bits per heavy atom. The number of hydrogen-bond acceptors (Lipinski definition) is 4. The molecule has 1 N–H and O–H groups in total. The van der Waals surface area contributed by atoms with Gasteiger partial charge in [-0.1, -0.05) is 19.1 Å². The predicted octanol–water partition coefficient (Wildman–Crippen LogP) is 1.51. The molecule has 0 fully saturated rings. The lowest BCUT2D eigenvalue weighted by Gasteiger charge is -2.11. The minimum absolute atomic E-state index is 0.0595. The molecule has 0 bridgehead atoms. The molecule has 0 heterocycles. The molecule has 1 aromatic rings. The highest BCUT2D eigenvalue weighted by atomic mass is 32.2. The van der Waals surface area contributed by atoms with Gasteiger partial charge in [0.15, 0.2) is 9.84 Å². The van der Waals surface area contributed by atoms with Crippen LogP contribution in [0.5, 0.6) is 0 Å². The van der Waals surface area contributed by atoms with Gasteiger partial charge in [-0.3, -0.25) is 4.79 Å². The smallest absolute Gasteiger partial charge is 0.244 e. The Labute approximate surface area is 125 Å². The maximum Gasteiger partial charge on any atom is 0.244 e. The number of nitrogens with zero attached hydrogens (tertiary/aromatic N) is 1. The summed E-state index contributed by atoms with van der Waals surface area (Å²) in [5, 5.41) is 11.4. The van der Waals surface area contributed by atoms with Crippen LogP contribution in [0.3, 0.4) is 0 Å². The number of carbonyl (C=O) groups excluding carboxylic acids is 1. The second-order valence-electron chi connectivity index (χ2n) is 4.68. The van der Waals surface area contributed by atoms with E-state index in [1.807, 2.05) is 6.07 Å². The van der Waals surface area contributed by atoms with E-state index in [-0.39, 0.29) is 17.4 Å². The van der Waals surface area contributed by atoms with Crippen molar-refractivity contribution in [1.82, 2.24) is 5.32 Å². The Kier molecular flexibility index (Phi) is 6.12. The molecule has 0 spiro atoms. The van der Waals surface area contributed by atoms with Crippen LogP contribution < -0.4 is 5.32 Å². The van der Waals surface area contributed by atoms with Crippen molar-refractivity contribution < 1.29 is 13.2 Å². The Hall–Kier alpha value is -2.13. The van der Waals surface area contributed by atoms with Crippen LogP contribution in [0, 0.1) is 11.3 Å². The fraction of sp³-hybridized carbons (Fsp3) is 0.333. The molecule has 0 aliphatic heterocycles. The SMILES string of the molecule is CCS(=O)(=O)C[C@H](C)NC(=O)/C=C\c1cccc(C#N)c1. The summed E-state index contributed by atoms with van der Waals surface area (Å²) in [4.78, 5) is 11.7. The minimum Gasteiger partial charge on any atom is -0.349 e. The maximum atomic E-state index is 11.7. The summed E-state index contributed by atoms with van der Waals surface area (Å²) in [6.07, 6.45) is 2.91. The number of nitrogens with one attached hydrogen (secondary N) is 1. The van der Waals surface area contributed by atoms with Crippen LogP contribution in [-0.2, 0) is 14.6 Å². The average Bonchev–Trinajstić information content (AvgIpc) is 2.44. The molecule has 1 amide bonds. The van der Waals surface area contributed by atoms with Crippen molar-refractivity contribution in [2.75, 3.05) is 11.5 Å². The van der Waals surface area contributed by atoms with Gasteiger partial charge in [0.2, 0.25) is 5.91 Å². The number of rotatable bonds is 6. The highest BCUT2D eigenvalue weighted by Crippen LogP contribution is 2.06. The first-order valence-electron chi connectivity index (χ1n) is 6.55. The van der Waals surface area contributed by atoms with E-state index in [2.05, 4.69) is 5.32 Å². The molecule has 1 atom stereocenters. The van der Waals surface area contributed by atoms with Gasteiger partial charge in [0.25, 0.3) is 0 Å². The van der Waals surface area contributed by atoms with Crippen molar-refractivity contribution >= 4 is 21.8 Å². The van der Waals surface area contributed by atoms with E-state index < -0.39 is 15.9 Å². The fourth-order valence-corrected chi connectivity index (χ4v) is 2.80. The van der Waals surface area contributed by atoms with Crippen LogP contribution in [0.4, 0.5) is 0 Å². The van der Waals surface area contributed by atoms with E-state index in [9.17, 15) is 13.2 Å². The monoisotopic (exact) mass is 306 g/mol. The first-order valence-corrected chi connectivity index (χ1v) is 8.37. The van der Waals surface area contributed by atoms with E-state index in [4.69, 9.17) is 5.26 Å². The second kappa shape index (κ2) is 7.60. The zero-order valence-corrected chi connectivity index (χ0v) is 12.9. The summed E-state index contributed by atoms with van der Waals surface area (Å²) in [6.45, 7) is 3.22. The van der Waals surface area contributed by atoms with Gasteiger partial charge >= 0.3 is 0 Å². The van der Waals surface area contributed by atoms with E-state index in [0.717, 1.165) is 5.56 Å². The maximum absolute atomic E-state index is 11.7. The van der Waals surface area contributed by atoms with Crippen LogP contribution >= 0.6 is 0 Å². The zero-order chi connectivity index (χ0) is 15.9. The first kappa shape index (κ1) is 16.9. The summed E-state index contributed by atoms with van der Waals surface area (Å²) in [5.41, 5.74) is 1.25. The molecular weight excluding hydrogens is 288 g/mol. The molecule has 6 heteroatoms. The lowest BCUT2D eigenvalue weighted by atomic mass is 10.1. The first-order chi connectivity index (χ1) is 9.86. The van der Waals surface area contributed by atoms with Crippen LogP contribution in [0.2, 0.25) is 0 Å². The third kappa shape index (κ3) is 6.23. The minimum atomic E-state index is -3.12. The summed E-state index contributed by atoms with van der Waals surface area (Å²) in [6, 6.07) is 8.41. The van der Waals surface area contributed by atoms with E-state index in [1.54, 1.807) is 44.2 Å². The Morgan fingerprint density at radius 1 is 1.48 bits per heavy atom. The summed E-state index contributed by atoms with van der Waals surface area (Å²) in [7, 11) is -3.12. The zero-order valence-electron chi connectivity index (χ0n) is 12.0. The normalized spacial score (nSPS) is 12.8. The summed E-state index contributed by atoms with van der Waals surface area (Å²) >= 11 is 0. The number of carbonyl (C=O) groups is 1. The molecule has 21 heavy (non-hydrogen) atoms. The van der Waals surface area contributed by atoms with Gasteiger partial charge < -0.3 is 5.32 Å². The van der Waals surface area contributed by atoms with Gasteiger partial charge in [-0.2, -0.15) is 5.26 Å². The summed E-state index contributed by atoms with van der Waals surface area (Å²) in [5.74, 6) is -0.382. The average molecular weight is 306 g/mol. The quantitative estimate of drug-likeness (QED) is 0.807. The molecule has 0 unspecified atom stereocenters. The molecular formula is C15H18N2O3S. The van der Waals surface area contributed by atoms with Crippen molar-refractivity contribution in [3.05, 3.63) is 41.5 Å². The lowest BCUT2D eigenvalue weighted by Crippen LogP contribution is -2.37. The highest BCUT2D eigenvalue weighted by Gasteiger charge is 2.14. The van der Waals surface area contributed by atoms with Gasteiger partial charge in [-0.05, 0) is 30.7 Å². The standard InChI is InChI=1S/C15H18N2O3S/c1-3-21(19,20)11-12(2)17-15(18)8-7-13-5-4-6-14(9-13)10-16/h4-9,12H,3,11H2,1-2H3,(H,17,18)/b8-7-/t12-/m0/s1. The van der Waals surface area contributed by atoms with Crippen LogP contribution in [0.1, 0.15) is 25.0 Å². The molecule has 0 saturated heterocycles. The van der Waals surface area contributed by atoms with Crippen LogP contribution in [0.15, 0.2) is 30.3 Å². The molecule has 0 aromatic heterocycles. The van der Waals surface area contributed by atoms with Crippen LogP contribution in [0.25, 0.3) is 6.08 Å². The summed E-state index contributed by atoms with van der Waals surface area (Å²) < 4.78 is 22.9. The third-order valence-corrected chi connectivity index (χ3v) is 4.66. The van der Waals surface area contributed by atoms with Crippen molar-refractivity contribution in [3.8, 4) is 6.07 Å². The Morgan fingerprint density at radius 2 is 2.19 bits per heavy atom. The topological polar surface area (TPSA) is 87.0 Å². The Bertz CT molecular complexity index is 672. The van der Waals surface area contributed by atoms with E-state index >= 15 is 0 Å². The number of nitriles is 1. The van der Waals surface area contributed by atoms with Crippen molar-refractivity contribution in [1.29, 1.82) is 5.26 Å². The Balaban J connectivity index is 2.61. The van der Waals surface area contributed by atoms with E-state index in [0.29, 0.717) is 5.56 Å². The second-order valence-corrected chi connectivity index (χ2v) is 7.08. The molecule has 5 nitrogen and oxygen atoms in total. The van der Waals surface area contributed by atoms with Gasteiger partial charge in [0.1, 0.15) is 0 Å². The van der Waals surface area contributed by atoms with Crippen molar-refractivity contribution in [2.45, 2.75) is 19.9 Å². The number of hydrogen-bond donors (Lipinski definition) is 1. The molecule has 0 aliphatic rings. The van der Waals surface area contributed by atoms with Crippen molar-refractivity contribution in [3.63, 3.8) is 0 Å². The van der Waals surface area contributed by atoms with Gasteiger partial charge in [-0.25, -0.2) is 8.42 Å². The molecule has 0 aliphatic carbocycles. The van der Waals surface area contributed by atoms with E-state index in [1.165, 1.54) is 6.08 Å². The van der Waals surface area contributed by atoms with Crippen LogP contribution in [-0.4, -0.2) is 31.9 Å². The van der Waals surface area contributed by atoms with Gasteiger partial charge in [0.05, 0.1) is 17.4 Å². The molecule has 1 aromatic carbocycles. The molecule has 0 saturated carbocycles. The lowest BCUT2D eigenvalue weighted by molar-refractivity contribution is -0.116. The number of benzene rings is 1. The largest absolute Gasteiger partial charge is 0.349 e. The molecule has 112 valence electrons. The van der Waals surface area contributed by atoms with Gasteiger partial charge in [-0.15, -0.1) is 0 Å². The molecule has 0 radical (unpaired) electrons. The van der Waals surface area contributed by atoms with Gasteiger partial charge in [0, 0.05) is 17.9 Å².